The van der Waals surface area contributed by atoms with E-state index in [1.165, 1.54) is 0 Å². The van der Waals surface area contributed by atoms with Crippen LogP contribution < -0.4 is 10.6 Å². The fraction of sp³-hybridized carbons (Fsp3) is 0.353. The van der Waals surface area contributed by atoms with Gasteiger partial charge in [0.05, 0.1) is 6.54 Å². The number of halogens is 2. The minimum absolute atomic E-state index is 0. The summed E-state index contributed by atoms with van der Waals surface area (Å²) in [7, 11) is 1.71. The number of aliphatic imine (C=N–C) groups is 1. The molecule has 0 aliphatic rings. The van der Waals surface area contributed by atoms with E-state index in [1.54, 1.807) is 25.5 Å². The molecular weight excluding hydrogens is 495 g/mol. The second-order valence-corrected chi connectivity index (χ2v) is 6.11. The van der Waals surface area contributed by atoms with Crippen molar-refractivity contribution in [3.8, 4) is 11.4 Å². The summed E-state index contributed by atoms with van der Waals surface area (Å²) in [6.07, 6.45) is 2.58. The first-order chi connectivity index (χ1) is 13.2. The Morgan fingerprint density at radius 1 is 1.32 bits per heavy atom. The van der Waals surface area contributed by atoms with Crippen LogP contribution in [0.4, 0.5) is 0 Å². The van der Waals surface area contributed by atoms with Crippen molar-refractivity contribution < 1.29 is 4.52 Å². The van der Waals surface area contributed by atoms with Crippen LogP contribution in [0.2, 0.25) is 5.02 Å². The van der Waals surface area contributed by atoms with E-state index in [1.807, 2.05) is 16.7 Å². The van der Waals surface area contributed by atoms with Gasteiger partial charge in [-0.25, -0.2) is 0 Å². The predicted molar refractivity (Wildman–Crippen MR) is 118 cm³/mol. The summed E-state index contributed by atoms with van der Waals surface area (Å²) in [4.78, 5) is 8.56. The van der Waals surface area contributed by atoms with Gasteiger partial charge in [-0.1, -0.05) is 35.8 Å². The minimum Gasteiger partial charge on any atom is -0.355 e. The van der Waals surface area contributed by atoms with Crippen LogP contribution in [0.1, 0.15) is 18.6 Å². The van der Waals surface area contributed by atoms with Crippen LogP contribution in [0.15, 0.2) is 40.1 Å². The molecule has 11 heteroatoms. The van der Waals surface area contributed by atoms with Gasteiger partial charge >= 0.3 is 0 Å². The molecule has 3 rings (SSSR count). The molecular formula is C17H22ClIN8O. The molecule has 0 aliphatic carbocycles. The zero-order chi connectivity index (χ0) is 19.1. The molecule has 150 valence electrons. The smallest absolute Gasteiger partial charge is 0.246 e. The summed E-state index contributed by atoms with van der Waals surface area (Å²) in [6.45, 7) is 3.84. The Labute approximate surface area is 185 Å². The van der Waals surface area contributed by atoms with Gasteiger partial charge in [-0.05, 0) is 12.1 Å². The van der Waals surface area contributed by atoms with Crippen LogP contribution in [0.3, 0.4) is 0 Å². The van der Waals surface area contributed by atoms with E-state index >= 15 is 0 Å². The highest BCUT2D eigenvalue weighted by Gasteiger charge is 2.09. The molecule has 0 atom stereocenters. The Morgan fingerprint density at radius 2 is 2.18 bits per heavy atom. The first-order valence-corrected chi connectivity index (χ1v) is 8.97. The number of nitrogens with zero attached hydrogens (tertiary/aromatic N) is 6. The lowest BCUT2D eigenvalue weighted by Gasteiger charge is -2.11. The summed E-state index contributed by atoms with van der Waals surface area (Å²) in [6, 6.07) is 7.31. The Bertz CT molecular complexity index is 910. The Hall–Kier alpha value is -2.21. The van der Waals surface area contributed by atoms with Crippen molar-refractivity contribution >= 4 is 41.5 Å². The lowest BCUT2D eigenvalue weighted by atomic mass is 10.2. The van der Waals surface area contributed by atoms with Crippen LogP contribution in [-0.4, -0.2) is 44.5 Å². The highest BCUT2D eigenvalue weighted by atomic mass is 127. The Kier molecular flexibility index (Phi) is 8.64. The third kappa shape index (κ3) is 5.89. The number of hydrogen-bond acceptors (Lipinski definition) is 6. The third-order valence-corrected chi connectivity index (χ3v) is 4.07. The fourth-order valence-corrected chi connectivity index (χ4v) is 2.68. The first kappa shape index (κ1) is 22.1. The van der Waals surface area contributed by atoms with Crippen LogP contribution in [-0.2, 0) is 19.5 Å². The van der Waals surface area contributed by atoms with Gasteiger partial charge in [0.2, 0.25) is 11.7 Å². The van der Waals surface area contributed by atoms with Crippen LogP contribution in [0.5, 0.6) is 0 Å². The lowest BCUT2D eigenvalue weighted by molar-refractivity contribution is 0.375. The predicted octanol–water partition coefficient (Wildman–Crippen LogP) is 2.53. The number of aromatic nitrogens is 5. The number of guanidine groups is 1. The lowest BCUT2D eigenvalue weighted by Crippen LogP contribution is -2.38. The molecule has 3 aromatic rings. The summed E-state index contributed by atoms with van der Waals surface area (Å²) >= 11 is 6.00. The summed E-state index contributed by atoms with van der Waals surface area (Å²) in [5.41, 5.74) is 0.806. The third-order valence-electron chi connectivity index (χ3n) is 3.84. The van der Waals surface area contributed by atoms with E-state index in [9.17, 15) is 0 Å². The number of benzene rings is 1. The van der Waals surface area contributed by atoms with Gasteiger partial charge in [0, 0.05) is 37.1 Å². The maximum absolute atomic E-state index is 6.00. The van der Waals surface area contributed by atoms with Crippen molar-refractivity contribution in [1.29, 1.82) is 0 Å². The van der Waals surface area contributed by atoms with Gasteiger partial charge in [0.15, 0.2) is 5.96 Å². The summed E-state index contributed by atoms with van der Waals surface area (Å²) in [5.74, 6) is 2.56. The number of hydrogen-bond donors (Lipinski definition) is 2. The van der Waals surface area contributed by atoms with Crippen molar-refractivity contribution in [3.05, 3.63) is 47.3 Å². The molecule has 0 saturated heterocycles. The monoisotopic (exact) mass is 516 g/mol. The molecule has 0 radical (unpaired) electrons. The fourth-order valence-electron chi connectivity index (χ4n) is 2.49. The quantitative estimate of drug-likeness (QED) is 0.282. The van der Waals surface area contributed by atoms with E-state index in [2.05, 4.69) is 42.9 Å². The minimum atomic E-state index is 0. The van der Waals surface area contributed by atoms with Crippen molar-refractivity contribution in [3.63, 3.8) is 0 Å². The molecule has 2 N–H and O–H groups in total. The molecule has 28 heavy (non-hydrogen) atoms. The molecule has 0 saturated carbocycles. The molecule has 0 fully saturated rings. The molecule has 0 spiro atoms. The van der Waals surface area contributed by atoms with Gasteiger partial charge < -0.3 is 19.7 Å². The van der Waals surface area contributed by atoms with Gasteiger partial charge in [-0.3, -0.25) is 4.99 Å². The van der Waals surface area contributed by atoms with Crippen LogP contribution >= 0.6 is 35.6 Å². The van der Waals surface area contributed by atoms with Crippen molar-refractivity contribution in [2.24, 2.45) is 4.99 Å². The van der Waals surface area contributed by atoms with E-state index < -0.39 is 0 Å². The Balaban J connectivity index is 0.00000280. The van der Waals surface area contributed by atoms with Crippen molar-refractivity contribution in [2.45, 2.75) is 26.4 Å². The van der Waals surface area contributed by atoms with Gasteiger partial charge in [-0.2, -0.15) is 4.98 Å². The highest BCUT2D eigenvalue weighted by molar-refractivity contribution is 14.0. The standard InChI is InChI=1S/C17H21ClN8O.HI/c1-3-14-24-22-11-26(14)8-7-20-17(19-2)21-10-15-23-16(25-27-15)12-5-4-6-13(18)9-12;/h4-6,9,11H,3,7-8,10H2,1-2H3,(H2,19,20,21);1H. The van der Waals surface area contributed by atoms with Crippen molar-refractivity contribution in [2.75, 3.05) is 13.6 Å². The maximum atomic E-state index is 6.00. The molecule has 0 aliphatic heterocycles. The molecule has 0 unspecified atom stereocenters. The average Bonchev–Trinajstić information content (AvgIpc) is 3.33. The maximum Gasteiger partial charge on any atom is 0.246 e. The highest BCUT2D eigenvalue weighted by Crippen LogP contribution is 2.19. The SMILES string of the molecule is CCc1nncn1CCNC(=NC)NCc1nc(-c2cccc(Cl)c2)no1.I. The zero-order valence-corrected chi connectivity index (χ0v) is 18.7. The average molecular weight is 517 g/mol. The van der Waals surface area contributed by atoms with E-state index in [0.29, 0.717) is 35.8 Å². The van der Waals surface area contributed by atoms with Gasteiger partial charge in [0.1, 0.15) is 12.2 Å². The number of nitrogens with one attached hydrogen (secondary N) is 2. The van der Waals surface area contributed by atoms with Crippen molar-refractivity contribution in [1.82, 2.24) is 35.5 Å². The normalized spacial score (nSPS) is 11.2. The second-order valence-electron chi connectivity index (χ2n) is 5.67. The topological polar surface area (TPSA) is 106 Å². The molecule has 0 bridgehead atoms. The second kappa shape index (κ2) is 11.0. The van der Waals surface area contributed by atoms with Gasteiger partial charge in [-0.15, -0.1) is 34.2 Å². The molecule has 0 amide bonds. The number of rotatable bonds is 7. The summed E-state index contributed by atoms with van der Waals surface area (Å²) in [5, 5.41) is 19.0. The summed E-state index contributed by atoms with van der Waals surface area (Å²) < 4.78 is 7.29. The van der Waals surface area contributed by atoms with E-state index in [0.717, 1.165) is 24.4 Å². The molecule has 1 aromatic carbocycles. The molecule has 9 nitrogen and oxygen atoms in total. The zero-order valence-electron chi connectivity index (χ0n) is 15.6. The number of aryl methyl sites for hydroxylation is 1. The Morgan fingerprint density at radius 3 is 2.93 bits per heavy atom. The van der Waals surface area contributed by atoms with Crippen LogP contribution in [0.25, 0.3) is 11.4 Å². The van der Waals surface area contributed by atoms with Crippen LogP contribution in [0, 0.1) is 0 Å². The largest absolute Gasteiger partial charge is 0.355 e. The molecule has 2 aromatic heterocycles. The van der Waals surface area contributed by atoms with E-state index in [4.69, 9.17) is 16.1 Å². The van der Waals surface area contributed by atoms with E-state index in [-0.39, 0.29) is 24.0 Å². The molecule has 2 heterocycles. The first-order valence-electron chi connectivity index (χ1n) is 8.59. The van der Waals surface area contributed by atoms with Gasteiger partial charge in [0.25, 0.3) is 0 Å².